The van der Waals surface area contributed by atoms with E-state index in [-0.39, 0.29) is 29.1 Å². The van der Waals surface area contributed by atoms with Crippen LogP contribution >= 0.6 is 0 Å². The molecular weight excluding hydrogens is 414 g/mol. The van der Waals surface area contributed by atoms with Gasteiger partial charge in [-0.05, 0) is 62.3 Å². The first-order valence-electron chi connectivity index (χ1n) is 11.9. The van der Waals surface area contributed by atoms with Crippen molar-refractivity contribution in [2.24, 2.45) is 17.3 Å². The molecule has 2 aromatic carbocycles. The van der Waals surface area contributed by atoms with E-state index in [0.29, 0.717) is 11.5 Å². The second-order valence-corrected chi connectivity index (χ2v) is 10.1. The van der Waals surface area contributed by atoms with Crippen LogP contribution in [0.25, 0.3) is 11.0 Å². The molecule has 7 nitrogen and oxygen atoms in total. The zero-order chi connectivity index (χ0) is 22.8. The van der Waals surface area contributed by atoms with Crippen molar-refractivity contribution in [3.8, 4) is 0 Å². The molecule has 1 aromatic heterocycles. The molecule has 2 amide bonds. The molecule has 1 aliphatic heterocycles. The quantitative estimate of drug-likeness (QED) is 0.561. The van der Waals surface area contributed by atoms with Gasteiger partial charge in [0.25, 0.3) is 5.91 Å². The lowest BCUT2D eigenvalue weighted by Gasteiger charge is -2.60. The highest BCUT2D eigenvalue weighted by atomic mass is 16.2. The van der Waals surface area contributed by atoms with Gasteiger partial charge in [0.05, 0.1) is 16.6 Å². The lowest BCUT2D eigenvalue weighted by Crippen LogP contribution is -2.70. The number of anilines is 2. The maximum Gasteiger partial charge on any atom is 0.255 e. The van der Waals surface area contributed by atoms with Gasteiger partial charge in [0.1, 0.15) is 5.66 Å². The zero-order valence-corrected chi connectivity index (χ0v) is 19.0. The molecule has 3 aliphatic carbocycles. The van der Waals surface area contributed by atoms with E-state index in [1.807, 2.05) is 48.5 Å². The third-order valence-electron chi connectivity index (χ3n) is 8.19. The first-order chi connectivity index (χ1) is 15.9. The van der Waals surface area contributed by atoms with Gasteiger partial charge in [-0.1, -0.05) is 31.2 Å². The van der Waals surface area contributed by atoms with Gasteiger partial charge in [-0.3, -0.25) is 14.9 Å². The minimum Gasteiger partial charge on any atom is -0.362 e. The highest BCUT2D eigenvalue weighted by Crippen LogP contribution is 2.58. The molecular formula is C26H29N5O2. The van der Waals surface area contributed by atoms with Crippen molar-refractivity contribution < 1.29 is 9.59 Å². The molecule has 33 heavy (non-hydrogen) atoms. The fourth-order valence-electron chi connectivity index (χ4n) is 6.54. The number of para-hydroxylation sites is 3. The van der Waals surface area contributed by atoms with Gasteiger partial charge in [0.2, 0.25) is 11.9 Å². The Morgan fingerprint density at radius 1 is 1.18 bits per heavy atom. The molecule has 2 heterocycles. The van der Waals surface area contributed by atoms with Crippen LogP contribution in [0.5, 0.6) is 0 Å². The van der Waals surface area contributed by atoms with Gasteiger partial charge in [0.15, 0.2) is 0 Å². The van der Waals surface area contributed by atoms with E-state index in [1.54, 1.807) is 0 Å². The molecule has 3 saturated carbocycles. The first kappa shape index (κ1) is 20.3. The Balaban J connectivity index is 1.28. The maximum absolute atomic E-state index is 13.6. The summed E-state index contributed by atoms with van der Waals surface area (Å²) >= 11 is 0. The topological polar surface area (TPSA) is 88.0 Å². The van der Waals surface area contributed by atoms with Crippen LogP contribution in [0.4, 0.5) is 11.6 Å². The molecule has 170 valence electrons. The summed E-state index contributed by atoms with van der Waals surface area (Å²) in [5.74, 6) is 0.685. The molecule has 2 bridgehead atoms. The monoisotopic (exact) mass is 443 g/mol. The fraction of sp³-hybridized carbons (Fsp3) is 0.423. The summed E-state index contributed by atoms with van der Waals surface area (Å²) in [6.07, 6.45) is 3.43. The number of aryl methyl sites for hydroxylation is 1. The van der Waals surface area contributed by atoms with Crippen molar-refractivity contribution in [1.29, 1.82) is 0 Å². The summed E-state index contributed by atoms with van der Waals surface area (Å²) < 4.78 is 2.05. The normalized spacial score (nSPS) is 30.1. The number of nitrogens with one attached hydrogen (secondary N) is 3. The lowest BCUT2D eigenvalue weighted by atomic mass is 9.51. The number of nitrogens with zero attached hydrogens (tertiary/aromatic N) is 2. The Morgan fingerprint density at radius 2 is 1.97 bits per heavy atom. The number of hydrogen-bond donors (Lipinski definition) is 3. The zero-order valence-electron chi connectivity index (χ0n) is 19.0. The molecule has 3 fully saturated rings. The van der Waals surface area contributed by atoms with Crippen LogP contribution in [0.1, 0.15) is 49.9 Å². The number of carbonyl (C=O) groups excluding carboxylic acids is 2. The second-order valence-electron chi connectivity index (χ2n) is 10.1. The van der Waals surface area contributed by atoms with Gasteiger partial charge in [-0.25, -0.2) is 4.98 Å². The van der Waals surface area contributed by atoms with Gasteiger partial charge in [-0.2, -0.15) is 0 Å². The molecule has 3 N–H and O–H groups in total. The number of hydrogen-bond acceptors (Lipinski definition) is 4. The van der Waals surface area contributed by atoms with Gasteiger partial charge in [0, 0.05) is 24.1 Å². The summed E-state index contributed by atoms with van der Waals surface area (Å²) in [5.41, 5.74) is 2.77. The summed E-state index contributed by atoms with van der Waals surface area (Å²) in [6.45, 7) is 5.00. The van der Waals surface area contributed by atoms with Crippen molar-refractivity contribution in [3.05, 3.63) is 54.1 Å². The minimum absolute atomic E-state index is 0.0295. The molecule has 4 atom stereocenters. The highest BCUT2D eigenvalue weighted by Gasteiger charge is 2.60. The van der Waals surface area contributed by atoms with E-state index < -0.39 is 5.66 Å². The van der Waals surface area contributed by atoms with Crippen LogP contribution in [0.3, 0.4) is 0 Å². The van der Waals surface area contributed by atoms with Gasteiger partial charge >= 0.3 is 0 Å². The molecule has 0 radical (unpaired) electrons. The summed E-state index contributed by atoms with van der Waals surface area (Å²) in [5, 5.41) is 10.1. The Bertz CT molecular complexity index is 1280. The van der Waals surface area contributed by atoms with Crippen molar-refractivity contribution >= 4 is 34.5 Å². The van der Waals surface area contributed by atoms with Crippen molar-refractivity contribution in [3.63, 3.8) is 0 Å². The smallest absolute Gasteiger partial charge is 0.255 e. The van der Waals surface area contributed by atoms with Gasteiger partial charge < -0.3 is 15.2 Å². The summed E-state index contributed by atoms with van der Waals surface area (Å²) in [4.78, 5) is 31.2. The first-order valence-corrected chi connectivity index (χ1v) is 11.9. The lowest BCUT2D eigenvalue weighted by molar-refractivity contribution is -0.134. The molecule has 7 rings (SSSR count). The number of fused-ring (bicyclic) bond motifs is 4. The molecule has 7 heteroatoms. The van der Waals surface area contributed by atoms with Crippen LogP contribution in [-0.4, -0.2) is 27.0 Å². The SMILES string of the molecule is CCn1c(NC(=O)[C@@H]2C[C@H]3CC[C@@]2(C)C[C@]32NC(=O)c3ccccc3N2)nc2ccccc21. The number of amides is 2. The summed E-state index contributed by atoms with van der Waals surface area (Å²) in [6, 6.07) is 15.6. The van der Waals surface area contributed by atoms with E-state index in [0.717, 1.165) is 48.9 Å². The number of benzene rings is 2. The van der Waals surface area contributed by atoms with E-state index in [4.69, 9.17) is 0 Å². The molecule has 3 aromatic rings. The van der Waals surface area contributed by atoms with Crippen molar-refractivity contribution in [1.82, 2.24) is 14.9 Å². The van der Waals surface area contributed by atoms with E-state index >= 15 is 0 Å². The third-order valence-corrected chi connectivity index (χ3v) is 8.19. The standard InChI is InChI=1S/C26H29N5O2/c1-3-31-21-11-7-6-10-20(21)27-24(31)28-23(33)18-14-16-12-13-25(18,2)15-26(16)29-19-9-5-4-8-17(19)22(32)30-26/h4-11,16,18,29H,3,12-15H2,1-2H3,(H,30,32)(H,27,28,33)/t16-,18+,25+,26+/m1/s1. The fourth-order valence-corrected chi connectivity index (χ4v) is 6.54. The maximum atomic E-state index is 13.6. The van der Waals surface area contributed by atoms with Gasteiger partial charge in [-0.15, -0.1) is 0 Å². The van der Waals surface area contributed by atoms with Crippen molar-refractivity contribution in [2.45, 2.75) is 51.7 Å². The Morgan fingerprint density at radius 3 is 2.79 bits per heavy atom. The average Bonchev–Trinajstić information content (AvgIpc) is 3.15. The van der Waals surface area contributed by atoms with Crippen LogP contribution < -0.4 is 16.0 Å². The Hall–Kier alpha value is -3.35. The van der Waals surface area contributed by atoms with E-state index in [9.17, 15) is 9.59 Å². The Labute approximate surface area is 193 Å². The highest BCUT2D eigenvalue weighted by molar-refractivity contribution is 6.02. The molecule has 0 unspecified atom stereocenters. The van der Waals surface area contributed by atoms with Crippen LogP contribution in [0.2, 0.25) is 0 Å². The Kier molecular flexibility index (Phi) is 4.34. The van der Waals surface area contributed by atoms with Crippen LogP contribution in [0, 0.1) is 17.3 Å². The largest absolute Gasteiger partial charge is 0.362 e. The number of carbonyl (C=O) groups is 2. The molecule has 4 aliphatic rings. The summed E-state index contributed by atoms with van der Waals surface area (Å²) in [7, 11) is 0. The molecule has 1 spiro atoms. The van der Waals surface area contributed by atoms with E-state index in [2.05, 4.69) is 39.3 Å². The second kappa shape index (κ2) is 7.07. The number of imidazole rings is 1. The predicted molar refractivity (Wildman–Crippen MR) is 128 cm³/mol. The number of rotatable bonds is 3. The molecule has 0 saturated heterocycles. The van der Waals surface area contributed by atoms with Crippen LogP contribution in [-0.2, 0) is 11.3 Å². The third kappa shape index (κ3) is 2.98. The minimum atomic E-state index is -0.494. The predicted octanol–water partition coefficient (Wildman–Crippen LogP) is 4.37. The van der Waals surface area contributed by atoms with Crippen molar-refractivity contribution in [2.75, 3.05) is 10.6 Å². The average molecular weight is 444 g/mol. The van der Waals surface area contributed by atoms with E-state index in [1.165, 1.54) is 0 Å². The van der Waals surface area contributed by atoms with Crippen LogP contribution in [0.15, 0.2) is 48.5 Å². The number of aromatic nitrogens is 2.